The summed E-state index contributed by atoms with van der Waals surface area (Å²) in [6, 6.07) is 4.82. The molecule has 1 saturated heterocycles. The van der Waals surface area contributed by atoms with Gasteiger partial charge in [-0.05, 0) is 37.5 Å². The summed E-state index contributed by atoms with van der Waals surface area (Å²) in [6.45, 7) is 4.35. The smallest absolute Gasteiger partial charge is 0.409 e. The number of ether oxygens (including phenoxy) is 1. The third-order valence-corrected chi connectivity index (χ3v) is 4.00. The Morgan fingerprint density at radius 3 is 2.68 bits per heavy atom. The lowest BCUT2D eigenvalue weighted by Crippen LogP contribution is -2.50. The Labute approximate surface area is 146 Å². The van der Waals surface area contributed by atoms with Crippen molar-refractivity contribution in [2.24, 2.45) is 0 Å². The Kier molecular flexibility index (Phi) is 6.21. The van der Waals surface area contributed by atoms with Gasteiger partial charge in [-0.1, -0.05) is 6.07 Å². The van der Waals surface area contributed by atoms with Gasteiger partial charge in [-0.15, -0.1) is 0 Å². The molecular weight excluding hydrogens is 324 g/mol. The molecule has 1 aromatic rings. The molecule has 8 heteroatoms. The summed E-state index contributed by atoms with van der Waals surface area (Å²) in [5, 5.41) is 8.35. The number of aryl methyl sites for hydroxylation is 1. The third-order valence-electron chi connectivity index (χ3n) is 4.00. The first-order chi connectivity index (χ1) is 11.9. The molecule has 0 aromatic heterocycles. The highest BCUT2D eigenvalue weighted by molar-refractivity contribution is 5.93. The molecule has 1 aromatic carbocycles. The van der Waals surface area contributed by atoms with Gasteiger partial charge in [0.2, 0.25) is 5.91 Å². The van der Waals surface area contributed by atoms with Crippen molar-refractivity contribution in [2.75, 3.05) is 30.8 Å². The molecule has 136 valence electrons. The first-order valence-electron chi connectivity index (χ1n) is 8.17. The highest BCUT2D eigenvalue weighted by Crippen LogP contribution is 2.20. The number of rotatable bonds is 3. The topological polar surface area (TPSA) is 99.8 Å². The van der Waals surface area contributed by atoms with Gasteiger partial charge in [0.15, 0.2) is 0 Å². The average molecular weight is 348 g/mol. The van der Waals surface area contributed by atoms with E-state index in [0.717, 1.165) is 18.4 Å². The Morgan fingerprint density at radius 1 is 1.24 bits per heavy atom. The molecule has 25 heavy (non-hydrogen) atoms. The zero-order valence-corrected chi connectivity index (χ0v) is 14.7. The Hall–Kier alpha value is -2.77. The number of hydrogen-bond donors (Lipinski definition) is 3. The summed E-state index contributed by atoms with van der Waals surface area (Å²) < 4.78 is 4.72. The third kappa shape index (κ3) is 5.37. The summed E-state index contributed by atoms with van der Waals surface area (Å²) >= 11 is 0. The molecule has 3 N–H and O–H groups in total. The first-order valence-corrected chi connectivity index (χ1v) is 8.17. The van der Waals surface area contributed by atoms with E-state index in [9.17, 15) is 14.4 Å². The van der Waals surface area contributed by atoms with E-state index in [4.69, 9.17) is 4.74 Å². The number of nitrogens with one attached hydrogen (secondary N) is 3. The van der Waals surface area contributed by atoms with Gasteiger partial charge >= 0.3 is 12.1 Å². The summed E-state index contributed by atoms with van der Waals surface area (Å²) in [4.78, 5) is 36.6. The number of benzene rings is 1. The molecule has 0 aliphatic carbocycles. The molecule has 4 amide bonds. The number of anilines is 2. The predicted octanol–water partition coefficient (Wildman–Crippen LogP) is 2.31. The van der Waals surface area contributed by atoms with Crippen molar-refractivity contribution in [3.63, 3.8) is 0 Å². The monoisotopic (exact) mass is 348 g/mol. The zero-order valence-electron chi connectivity index (χ0n) is 14.7. The van der Waals surface area contributed by atoms with Gasteiger partial charge in [0.1, 0.15) is 0 Å². The number of carbonyl (C=O) groups is 3. The van der Waals surface area contributed by atoms with E-state index in [0.29, 0.717) is 24.5 Å². The van der Waals surface area contributed by atoms with Crippen LogP contribution in [-0.4, -0.2) is 49.2 Å². The van der Waals surface area contributed by atoms with Crippen LogP contribution in [0, 0.1) is 6.92 Å². The Bertz CT molecular complexity index is 662. The van der Waals surface area contributed by atoms with Gasteiger partial charge in [-0.25, -0.2) is 9.59 Å². The predicted molar refractivity (Wildman–Crippen MR) is 94.6 cm³/mol. The van der Waals surface area contributed by atoms with Gasteiger partial charge in [0, 0.05) is 37.4 Å². The van der Waals surface area contributed by atoms with E-state index in [1.165, 1.54) is 14.0 Å². The van der Waals surface area contributed by atoms with Crippen molar-refractivity contribution >= 4 is 29.4 Å². The SMILES string of the molecule is COC(=O)N1CCC[C@H](NC(=O)Nc2cc(NC(C)=O)ccc2C)C1. The van der Waals surface area contributed by atoms with E-state index in [1.54, 1.807) is 17.0 Å². The molecule has 0 unspecified atom stereocenters. The average Bonchev–Trinajstić information content (AvgIpc) is 2.57. The van der Waals surface area contributed by atoms with Gasteiger partial charge in [0.25, 0.3) is 0 Å². The number of likely N-dealkylation sites (tertiary alicyclic amines) is 1. The molecule has 1 heterocycles. The molecule has 1 fully saturated rings. The van der Waals surface area contributed by atoms with Crippen LogP contribution in [-0.2, 0) is 9.53 Å². The lowest BCUT2D eigenvalue weighted by atomic mass is 10.1. The lowest BCUT2D eigenvalue weighted by molar-refractivity contribution is -0.114. The van der Waals surface area contributed by atoms with Crippen LogP contribution in [0.3, 0.4) is 0 Å². The number of piperidine rings is 1. The minimum atomic E-state index is -0.384. The highest BCUT2D eigenvalue weighted by atomic mass is 16.5. The van der Waals surface area contributed by atoms with Crippen LogP contribution in [0.4, 0.5) is 21.0 Å². The number of amides is 4. The molecule has 1 atom stereocenters. The summed E-state index contributed by atoms with van der Waals surface area (Å²) in [6.07, 6.45) is 1.22. The van der Waals surface area contributed by atoms with Crippen LogP contribution in [0.2, 0.25) is 0 Å². The van der Waals surface area contributed by atoms with Crippen molar-refractivity contribution < 1.29 is 19.1 Å². The second-order valence-corrected chi connectivity index (χ2v) is 6.06. The molecule has 1 aliphatic heterocycles. The quantitative estimate of drug-likeness (QED) is 0.780. The number of carbonyl (C=O) groups excluding carboxylic acids is 3. The van der Waals surface area contributed by atoms with Crippen LogP contribution >= 0.6 is 0 Å². The van der Waals surface area contributed by atoms with E-state index in [1.807, 2.05) is 13.0 Å². The fourth-order valence-electron chi connectivity index (χ4n) is 2.77. The number of hydrogen-bond acceptors (Lipinski definition) is 4. The zero-order chi connectivity index (χ0) is 18.4. The van der Waals surface area contributed by atoms with Crippen molar-refractivity contribution in [1.82, 2.24) is 10.2 Å². The van der Waals surface area contributed by atoms with E-state index in [-0.39, 0.29) is 24.1 Å². The van der Waals surface area contributed by atoms with Crippen LogP contribution < -0.4 is 16.0 Å². The Morgan fingerprint density at radius 2 is 2.00 bits per heavy atom. The second kappa shape index (κ2) is 8.36. The minimum Gasteiger partial charge on any atom is -0.453 e. The Balaban J connectivity index is 1.95. The first kappa shape index (κ1) is 18.6. The maximum atomic E-state index is 12.3. The molecule has 1 aliphatic rings. The largest absolute Gasteiger partial charge is 0.453 e. The second-order valence-electron chi connectivity index (χ2n) is 6.06. The van der Waals surface area contributed by atoms with E-state index >= 15 is 0 Å². The van der Waals surface area contributed by atoms with Crippen molar-refractivity contribution in [1.29, 1.82) is 0 Å². The van der Waals surface area contributed by atoms with Crippen LogP contribution in [0.25, 0.3) is 0 Å². The van der Waals surface area contributed by atoms with Gasteiger partial charge < -0.3 is 25.6 Å². The molecule has 0 radical (unpaired) electrons. The maximum absolute atomic E-state index is 12.3. The maximum Gasteiger partial charge on any atom is 0.409 e. The minimum absolute atomic E-state index is 0.133. The summed E-state index contributed by atoms with van der Waals surface area (Å²) in [7, 11) is 1.34. The summed E-state index contributed by atoms with van der Waals surface area (Å²) in [5.74, 6) is -0.177. The van der Waals surface area contributed by atoms with Crippen molar-refractivity contribution in [3.05, 3.63) is 23.8 Å². The normalized spacial score (nSPS) is 16.8. The highest BCUT2D eigenvalue weighted by Gasteiger charge is 2.25. The van der Waals surface area contributed by atoms with Crippen molar-refractivity contribution in [2.45, 2.75) is 32.7 Å². The molecule has 8 nitrogen and oxygen atoms in total. The lowest BCUT2D eigenvalue weighted by Gasteiger charge is -2.32. The van der Waals surface area contributed by atoms with Crippen LogP contribution in [0.15, 0.2) is 18.2 Å². The van der Waals surface area contributed by atoms with Crippen molar-refractivity contribution in [3.8, 4) is 0 Å². The molecular formula is C17H24N4O4. The van der Waals surface area contributed by atoms with Crippen LogP contribution in [0.1, 0.15) is 25.3 Å². The molecule has 0 bridgehead atoms. The van der Waals surface area contributed by atoms with E-state index in [2.05, 4.69) is 16.0 Å². The van der Waals surface area contributed by atoms with Gasteiger partial charge in [0.05, 0.1) is 7.11 Å². The van der Waals surface area contributed by atoms with Gasteiger partial charge in [-0.2, -0.15) is 0 Å². The van der Waals surface area contributed by atoms with E-state index < -0.39 is 0 Å². The number of methoxy groups -OCH3 is 1. The standard InChI is InChI=1S/C17H24N4O4/c1-11-6-7-13(18-12(2)22)9-15(11)20-16(23)19-14-5-4-8-21(10-14)17(24)25-3/h6-7,9,14H,4-5,8,10H2,1-3H3,(H,18,22)(H2,19,20,23)/t14-/m0/s1. The fraction of sp³-hybridized carbons (Fsp3) is 0.471. The molecule has 0 spiro atoms. The summed E-state index contributed by atoms with van der Waals surface area (Å²) in [5.41, 5.74) is 2.11. The molecule has 2 rings (SSSR count). The molecule has 0 saturated carbocycles. The van der Waals surface area contributed by atoms with Crippen LogP contribution in [0.5, 0.6) is 0 Å². The fourth-order valence-corrected chi connectivity index (χ4v) is 2.77. The van der Waals surface area contributed by atoms with Gasteiger partial charge in [-0.3, -0.25) is 4.79 Å². The number of nitrogens with zero attached hydrogens (tertiary/aromatic N) is 1. The number of urea groups is 1.